The summed E-state index contributed by atoms with van der Waals surface area (Å²) >= 11 is 0. The number of carbonyl (C=O) groups is 2. The molecule has 86 valence electrons. The molecule has 3 N–H and O–H groups in total. The molecular formula is C11H13NO4. The third-order valence-electron chi connectivity index (χ3n) is 2.37. The van der Waals surface area contributed by atoms with E-state index in [4.69, 9.17) is 10.8 Å². The minimum atomic E-state index is -1.17. The van der Waals surface area contributed by atoms with Crippen LogP contribution in [0.1, 0.15) is 31.8 Å². The first kappa shape index (κ1) is 12.2. The summed E-state index contributed by atoms with van der Waals surface area (Å²) in [5.41, 5.74) is 6.74. The molecule has 5 nitrogen and oxygen atoms in total. The van der Waals surface area contributed by atoms with Crippen molar-refractivity contribution in [2.45, 2.75) is 13.5 Å². The molecule has 0 atom stereocenters. The van der Waals surface area contributed by atoms with Gasteiger partial charge in [-0.3, -0.25) is 0 Å². The third-order valence-corrected chi connectivity index (χ3v) is 2.37. The van der Waals surface area contributed by atoms with E-state index < -0.39 is 11.9 Å². The minimum Gasteiger partial charge on any atom is -0.478 e. The molecule has 0 saturated carbocycles. The number of carboxylic acids is 1. The van der Waals surface area contributed by atoms with Crippen molar-refractivity contribution in [2.24, 2.45) is 5.73 Å². The predicted octanol–water partition coefficient (Wildman–Crippen LogP) is 0.939. The van der Waals surface area contributed by atoms with Crippen molar-refractivity contribution in [3.8, 4) is 0 Å². The Bertz CT molecular complexity index is 440. The second-order valence-electron chi connectivity index (χ2n) is 3.28. The van der Waals surface area contributed by atoms with Gasteiger partial charge in [-0.2, -0.15) is 0 Å². The zero-order chi connectivity index (χ0) is 12.3. The molecule has 0 fully saturated rings. The Labute approximate surface area is 92.8 Å². The van der Waals surface area contributed by atoms with Crippen LogP contribution in [0.5, 0.6) is 0 Å². The fraction of sp³-hybridized carbons (Fsp3) is 0.273. The van der Waals surface area contributed by atoms with Gasteiger partial charge >= 0.3 is 11.9 Å². The molecule has 0 unspecified atom stereocenters. The van der Waals surface area contributed by atoms with Crippen molar-refractivity contribution in [1.29, 1.82) is 0 Å². The largest absolute Gasteiger partial charge is 0.478 e. The summed E-state index contributed by atoms with van der Waals surface area (Å²) in [6.07, 6.45) is 0. The van der Waals surface area contributed by atoms with Crippen LogP contribution in [-0.4, -0.2) is 24.2 Å². The smallest absolute Gasteiger partial charge is 0.339 e. The summed E-state index contributed by atoms with van der Waals surface area (Å²) in [4.78, 5) is 22.5. The van der Waals surface area contributed by atoms with Crippen molar-refractivity contribution in [1.82, 2.24) is 0 Å². The van der Waals surface area contributed by atoms with Crippen LogP contribution >= 0.6 is 0 Å². The molecule has 0 aliphatic heterocycles. The van der Waals surface area contributed by atoms with E-state index in [9.17, 15) is 9.59 Å². The molecule has 5 heteroatoms. The van der Waals surface area contributed by atoms with Gasteiger partial charge in [0.05, 0.1) is 18.2 Å². The summed E-state index contributed by atoms with van der Waals surface area (Å²) in [5, 5.41) is 8.97. The number of hydrogen-bond donors (Lipinski definition) is 2. The molecular weight excluding hydrogens is 210 g/mol. The Morgan fingerprint density at radius 1 is 1.44 bits per heavy atom. The average Bonchev–Trinajstić information content (AvgIpc) is 2.27. The number of methoxy groups -OCH3 is 1. The molecule has 0 aromatic heterocycles. The number of carboxylic acid groups (broad SMARTS) is 1. The molecule has 0 aliphatic carbocycles. The van der Waals surface area contributed by atoms with Crippen LogP contribution in [0.3, 0.4) is 0 Å². The fourth-order valence-electron chi connectivity index (χ4n) is 1.53. The van der Waals surface area contributed by atoms with Crippen LogP contribution < -0.4 is 5.73 Å². The summed E-state index contributed by atoms with van der Waals surface area (Å²) < 4.78 is 4.57. The predicted molar refractivity (Wildman–Crippen MR) is 57.4 cm³/mol. The highest BCUT2D eigenvalue weighted by Crippen LogP contribution is 2.20. The number of ether oxygens (including phenoxy) is 1. The van der Waals surface area contributed by atoms with E-state index in [1.54, 1.807) is 13.0 Å². The molecule has 0 radical (unpaired) electrons. The van der Waals surface area contributed by atoms with Gasteiger partial charge in [-0.1, -0.05) is 6.07 Å². The first-order valence-electron chi connectivity index (χ1n) is 4.67. The lowest BCUT2D eigenvalue weighted by Gasteiger charge is -2.11. The van der Waals surface area contributed by atoms with Crippen molar-refractivity contribution in [3.05, 3.63) is 34.4 Å². The maximum Gasteiger partial charge on any atom is 0.339 e. The topological polar surface area (TPSA) is 89.6 Å². The third kappa shape index (κ3) is 2.04. The van der Waals surface area contributed by atoms with Crippen LogP contribution in [0.4, 0.5) is 0 Å². The Morgan fingerprint density at radius 3 is 2.50 bits per heavy atom. The minimum absolute atomic E-state index is 0.0394. The van der Waals surface area contributed by atoms with E-state index in [2.05, 4.69) is 4.74 Å². The normalized spacial score (nSPS) is 9.94. The van der Waals surface area contributed by atoms with Crippen LogP contribution in [0.25, 0.3) is 0 Å². The van der Waals surface area contributed by atoms with Crippen LogP contribution in [0.2, 0.25) is 0 Å². The number of hydrogen-bond acceptors (Lipinski definition) is 4. The number of esters is 1. The van der Waals surface area contributed by atoms with Crippen LogP contribution in [0, 0.1) is 6.92 Å². The van der Waals surface area contributed by atoms with Gasteiger partial charge in [-0.25, -0.2) is 9.59 Å². The number of nitrogens with two attached hydrogens (primary N) is 1. The van der Waals surface area contributed by atoms with E-state index in [0.717, 1.165) is 5.56 Å². The Hall–Kier alpha value is -1.88. The first-order valence-corrected chi connectivity index (χ1v) is 4.67. The quantitative estimate of drug-likeness (QED) is 0.744. The van der Waals surface area contributed by atoms with E-state index in [0.29, 0.717) is 5.56 Å². The lowest BCUT2D eigenvalue weighted by molar-refractivity contribution is 0.0581. The second kappa shape index (κ2) is 4.76. The summed E-state index contributed by atoms with van der Waals surface area (Å²) in [7, 11) is 1.20. The van der Waals surface area contributed by atoms with Crippen molar-refractivity contribution < 1.29 is 19.4 Å². The monoisotopic (exact) mass is 223 g/mol. The summed E-state index contributed by atoms with van der Waals surface area (Å²) in [5.74, 6) is -1.85. The van der Waals surface area contributed by atoms with Crippen molar-refractivity contribution in [3.63, 3.8) is 0 Å². The van der Waals surface area contributed by atoms with E-state index in [1.807, 2.05) is 0 Å². The van der Waals surface area contributed by atoms with Crippen LogP contribution in [0.15, 0.2) is 12.1 Å². The van der Waals surface area contributed by atoms with Gasteiger partial charge in [0.15, 0.2) is 0 Å². The molecule has 1 rings (SSSR count). The SMILES string of the molecule is COC(=O)c1c(C(=O)O)ccc(C)c1CN. The molecule has 0 bridgehead atoms. The van der Waals surface area contributed by atoms with E-state index in [-0.39, 0.29) is 17.7 Å². The maximum absolute atomic E-state index is 11.5. The van der Waals surface area contributed by atoms with Crippen molar-refractivity contribution >= 4 is 11.9 Å². The summed E-state index contributed by atoms with van der Waals surface area (Å²) in [6, 6.07) is 3.00. The van der Waals surface area contributed by atoms with Gasteiger partial charge in [0.25, 0.3) is 0 Å². The summed E-state index contributed by atoms with van der Waals surface area (Å²) in [6.45, 7) is 1.86. The Balaban J connectivity index is 3.53. The first-order chi connectivity index (χ1) is 7.52. The number of carbonyl (C=O) groups excluding carboxylic acids is 1. The van der Waals surface area contributed by atoms with Gasteiger partial charge < -0.3 is 15.6 Å². The Kier molecular flexibility index (Phi) is 3.63. The van der Waals surface area contributed by atoms with E-state index >= 15 is 0 Å². The number of aryl methyl sites for hydroxylation is 1. The van der Waals surface area contributed by atoms with Gasteiger partial charge in [0.2, 0.25) is 0 Å². The average molecular weight is 223 g/mol. The number of aromatic carboxylic acids is 1. The highest BCUT2D eigenvalue weighted by atomic mass is 16.5. The zero-order valence-corrected chi connectivity index (χ0v) is 9.11. The second-order valence-corrected chi connectivity index (χ2v) is 3.28. The maximum atomic E-state index is 11.5. The lowest BCUT2D eigenvalue weighted by atomic mass is 9.96. The molecule has 1 aromatic carbocycles. The highest BCUT2D eigenvalue weighted by molar-refractivity contribution is 6.03. The number of benzene rings is 1. The molecule has 0 amide bonds. The fourth-order valence-corrected chi connectivity index (χ4v) is 1.53. The van der Waals surface area contributed by atoms with E-state index in [1.165, 1.54) is 13.2 Å². The van der Waals surface area contributed by atoms with Gasteiger partial charge in [0.1, 0.15) is 0 Å². The zero-order valence-electron chi connectivity index (χ0n) is 9.11. The molecule has 0 saturated heterocycles. The standard InChI is InChI=1S/C11H13NO4/c1-6-3-4-7(10(13)14)9(8(6)5-12)11(15)16-2/h3-4H,5,12H2,1-2H3,(H,13,14). The molecule has 0 spiro atoms. The lowest BCUT2D eigenvalue weighted by Crippen LogP contribution is -2.16. The van der Waals surface area contributed by atoms with Gasteiger partial charge in [-0.05, 0) is 24.1 Å². The molecule has 0 heterocycles. The molecule has 0 aliphatic rings. The highest BCUT2D eigenvalue weighted by Gasteiger charge is 2.21. The van der Waals surface area contributed by atoms with Gasteiger partial charge in [0, 0.05) is 6.54 Å². The molecule has 1 aromatic rings. The molecule has 16 heavy (non-hydrogen) atoms. The number of rotatable bonds is 3. The van der Waals surface area contributed by atoms with Gasteiger partial charge in [-0.15, -0.1) is 0 Å². The van der Waals surface area contributed by atoms with Crippen molar-refractivity contribution in [2.75, 3.05) is 7.11 Å². The van der Waals surface area contributed by atoms with Crippen LogP contribution in [-0.2, 0) is 11.3 Å². The Morgan fingerprint density at radius 2 is 2.06 bits per heavy atom.